The smallest absolute Gasteiger partial charge is 0.245 e. The summed E-state index contributed by atoms with van der Waals surface area (Å²) in [4.78, 5) is 14.9. The summed E-state index contributed by atoms with van der Waals surface area (Å²) < 4.78 is 5.23. The lowest BCUT2D eigenvalue weighted by Crippen LogP contribution is -2.33. The molecule has 0 heterocycles. The quantitative estimate of drug-likeness (QED) is 0.575. The zero-order valence-electron chi connectivity index (χ0n) is 15.0. The van der Waals surface area contributed by atoms with Crippen LogP contribution < -0.4 is 4.74 Å². The monoisotopic (exact) mass is 413 g/mol. The fraction of sp³-hybridized carbons (Fsp3) is 0.318. The number of benzene rings is 2. The van der Waals surface area contributed by atoms with Crippen LogP contribution in [0.15, 0.2) is 66.4 Å². The Labute approximate surface area is 163 Å². The Morgan fingerprint density at radius 2 is 1.85 bits per heavy atom. The van der Waals surface area contributed by atoms with E-state index in [0.29, 0.717) is 6.54 Å². The second kappa shape index (κ2) is 9.04. The van der Waals surface area contributed by atoms with Gasteiger partial charge < -0.3 is 9.64 Å². The molecule has 1 aliphatic rings. The minimum atomic E-state index is -0.343. The lowest BCUT2D eigenvalue weighted by Gasteiger charge is -2.30. The molecule has 2 aromatic carbocycles. The Hall–Kier alpha value is -2.07. The third-order valence-corrected chi connectivity index (χ3v) is 5.61. The summed E-state index contributed by atoms with van der Waals surface area (Å²) in [6.07, 6.45) is 6.55. The van der Waals surface area contributed by atoms with Crippen molar-refractivity contribution in [1.82, 2.24) is 4.90 Å². The van der Waals surface area contributed by atoms with Crippen LogP contribution in [0.2, 0.25) is 0 Å². The standard InChI is InChI=1S/C22H24BrNO2/c1-26-20-14-12-17(13-15-20)16-24(19-10-6-3-7-11-19)22(25)21(23)18-8-4-2-5-9-18/h2,4-5,8-10,12-15,21H,3,6-7,11,16H2,1H3. The summed E-state index contributed by atoms with van der Waals surface area (Å²) >= 11 is 3.62. The van der Waals surface area contributed by atoms with E-state index in [0.717, 1.165) is 41.8 Å². The highest BCUT2D eigenvalue weighted by molar-refractivity contribution is 9.09. The second-order valence-electron chi connectivity index (χ2n) is 6.49. The number of allylic oxidation sites excluding steroid dienone is 2. The maximum atomic E-state index is 13.3. The molecule has 0 fully saturated rings. The van der Waals surface area contributed by atoms with E-state index in [1.165, 1.54) is 6.42 Å². The fourth-order valence-electron chi connectivity index (χ4n) is 3.20. The molecule has 0 saturated heterocycles. The van der Waals surface area contributed by atoms with Gasteiger partial charge in [-0.2, -0.15) is 0 Å². The van der Waals surface area contributed by atoms with E-state index in [2.05, 4.69) is 22.0 Å². The Morgan fingerprint density at radius 1 is 1.12 bits per heavy atom. The van der Waals surface area contributed by atoms with E-state index in [-0.39, 0.29) is 10.7 Å². The van der Waals surface area contributed by atoms with E-state index in [9.17, 15) is 4.79 Å². The van der Waals surface area contributed by atoms with Crippen molar-refractivity contribution in [3.05, 3.63) is 77.5 Å². The number of hydrogen-bond donors (Lipinski definition) is 0. The Balaban J connectivity index is 1.84. The number of nitrogens with zero attached hydrogens (tertiary/aromatic N) is 1. The van der Waals surface area contributed by atoms with Crippen LogP contribution in [0.25, 0.3) is 0 Å². The van der Waals surface area contributed by atoms with Crippen molar-refractivity contribution in [2.24, 2.45) is 0 Å². The summed E-state index contributed by atoms with van der Waals surface area (Å²) in [7, 11) is 1.66. The van der Waals surface area contributed by atoms with Gasteiger partial charge in [0.05, 0.1) is 13.7 Å². The molecule has 0 saturated carbocycles. The average Bonchev–Trinajstić information content (AvgIpc) is 2.72. The highest BCUT2D eigenvalue weighted by atomic mass is 79.9. The molecule has 1 aliphatic carbocycles. The number of carbonyl (C=O) groups excluding carboxylic acids is 1. The highest BCUT2D eigenvalue weighted by Gasteiger charge is 2.26. The van der Waals surface area contributed by atoms with Crippen molar-refractivity contribution in [2.45, 2.75) is 37.1 Å². The number of amides is 1. The molecule has 0 aliphatic heterocycles. The second-order valence-corrected chi connectivity index (χ2v) is 7.40. The van der Waals surface area contributed by atoms with E-state index < -0.39 is 0 Å². The van der Waals surface area contributed by atoms with Crippen molar-refractivity contribution >= 4 is 21.8 Å². The highest BCUT2D eigenvalue weighted by Crippen LogP contribution is 2.31. The fourth-order valence-corrected chi connectivity index (χ4v) is 3.75. The minimum absolute atomic E-state index is 0.0835. The molecule has 1 unspecified atom stereocenters. The molecule has 0 bridgehead atoms. The number of alkyl halides is 1. The van der Waals surface area contributed by atoms with Gasteiger partial charge in [-0.3, -0.25) is 4.79 Å². The molecule has 1 atom stereocenters. The van der Waals surface area contributed by atoms with Gasteiger partial charge in [-0.05, 0) is 48.9 Å². The molecule has 0 spiro atoms. The number of rotatable bonds is 6. The van der Waals surface area contributed by atoms with Gasteiger partial charge in [0.1, 0.15) is 10.6 Å². The Bertz CT molecular complexity index is 755. The predicted octanol–water partition coefficient (Wildman–Crippen LogP) is 5.62. The van der Waals surface area contributed by atoms with Crippen LogP contribution in [0.3, 0.4) is 0 Å². The third-order valence-electron chi connectivity index (χ3n) is 4.69. The number of carbonyl (C=O) groups is 1. The van der Waals surface area contributed by atoms with Crippen LogP contribution in [0, 0.1) is 0 Å². The summed E-state index contributed by atoms with van der Waals surface area (Å²) in [6.45, 7) is 0.573. The van der Waals surface area contributed by atoms with Crippen LogP contribution in [-0.4, -0.2) is 17.9 Å². The molecular weight excluding hydrogens is 390 g/mol. The summed E-state index contributed by atoms with van der Waals surface area (Å²) in [5.41, 5.74) is 3.21. The number of ether oxygens (including phenoxy) is 1. The van der Waals surface area contributed by atoms with Gasteiger partial charge in [0, 0.05) is 5.70 Å². The zero-order chi connectivity index (χ0) is 18.4. The summed E-state index contributed by atoms with van der Waals surface area (Å²) in [5, 5.41) is 0. The third kappa shape index (κ3) is 4.55. The summed E-state index contributed by atoms with van der Waals surface area (Å²) in [6, 6.07) is 17.8. The molecule has 2 aromatic rings. The molecule has 136 valence electrons. The van der Waals surface area contributed by atoms with Gasteiger partial charge in [0.25, 0.3) is 0 Å². The first-order valence-electron chi connectivity index (χ1n) is 9.01. The molecule has 0 aromatic heterocycles. The first kappa shape index (κ1) is 18.7. The van der Waals surface area contributed by atoms with Gasteiger partial charge in [-0.15, -0.1) is 0 Å². The number of methoxy groups -OCH3 is 1. The van der Waals surface area contributed by atoms with Crippen molar-refractivity contribution in [2.75, 3.05) is 7.11 Å². The maximum Gasteiger partial charge on any atom is 0.245 e. The van der Waals surface area contributed by atoms with Crippen molar-refractivity contribution < 1.29 is 9.53 Å². The van der Waals surface area contributed by atoms with Gasteiger partial charge in [0.15, 0.2) is 0 Å². The van der Waals surface area contributed by atoms with Crippen LogP contribution in [0.1, 0.15) is 41.6 Å². The molecule has 3 nitrogen and oxygen atoms in total. The first-order chi connectivity index (χ1) is 12.7. The topological polar surface area (TPSA) is 29.5 Å². The van der Waals surface area contributed by atoms with Crippen molar-refractivity contribution in [3.63, 3.8) is 0 Å². The molecular formula is C22H24BrNO2. The van der Waals surface area contributed by atoms with Crippen LogP contribution in [-0.2, 0) is 11.3 Å². The molecule has 3 rings (SSSR count). The lowest BCUT2D eigenvalue weighted by molar-refractivity contribution is -0.129. The number of hydrogen-bond acceptors (Lipinski definition) is 2. The average molecular weight is 414 g/mol. The van der Waals surface area contributed by atoms with E-state index in [4.69, 9.17) is 4.74 Å². The van der Waals surface area contributed by atoms with E-state index in [1.807, 2.05) is 59.5 Å². The van der Waals surface area contributed by atoms with Gasteiger partial charge in [-0.1, -0.05) is 64.5 Å². The molecule has 26 heavy (non-hydrogen) atoms. The largest absolute Gasteiger partial charge is 0.497 e. The Morgan fingerprint density at radius 3 is 2.46 bits per heavy atom. The molecule has 4 heteroatoms. The normalized spacial score (nSPS) is 15.1. The van der Waals surface area contributed by atoms with Crippen LogP contribution in [0.5, 0.6) is 5.75 Å². The van der Waals surface area contributed by atoms with Gasteiger partial charge >= 0.3 is 0 Å². The molecule has 1 amide bonds. The van der Waals surface area contributed by atoms with Gasteiger partial charge in [-0.25, -0.2) is 0 Å². The Kier molecular flexibility index (Phi) is 6.51. The zero-order valence-corrected chi connectivity index (χ0v) is 16.6. The summed E-state index contributed by atoms with van der Waals surface area (Å²) in [5.74, 6) is 0.909. The lowest BCUT2D eigenvalue weighted by atomic mass is 10.0. The first-order valence-corrected chi connectivity index (χ1v) is 9.93. The van der Waals surface area contributed by atoms with Crippen molar-refractivity contribution in [3.8, 4) is 5.75 Å². The SMILES string of the molecule is COc1ccc(CN(C(=O)C(Br)c2ccccc2)C2=CCCCC2)cc1. The van der Waals surface area contributed by atoms with E-state index >= 15 is 0 Å². The van der Waals surface area contributed by atoms with Crippen LogP contribution >= 0.6 is 15.9 Å². The van der Waals surface area contributed by atoms with Crippen LogP contribution in [0.4, 0.5) is 0 Å². The van der Waals surface area contributed by atoms with Gasteiger partial charge in [0.2, 0.25) is 5.91 Å². The minimum Gasteiger partial charge on any atom is -0.497 e. The number of halogens is 1. The predicted molar refractivity (Wildman–Crippen MR) is 108 cm³/mol. The van der Waals surface area contributed by atoms with E-state index in [1.54, 1.807) is 7.11 Å². The van der Waals surface area contributed by atoms with Crippen molar-refractivity contribution in [1.29, 1.82) is 0 Å². The molecule has 0 radical (unpaired) electrons. The molecule has 0 N–H and O–H groups in total. The maximum absolute atomic E-state index is 13.3.